The van der Waals surface area contributed by atoms with Crippen molar-refractivity contribution in [3.63, 3.8) is 0 Å². The van der Waals surface area contributed by atoms with Gasteiger partial charge < -0.3 is 18.9 Å². The molecule has 1 aliphatic heterocycles. The standard InChI is InChI=1S/C15H20O6/c1-6-15(4,5)21-14-8-7-12(19-11(3)17)13(20-14)9-18-10(2)16/h1,7-8,12-14H,9H2,2-5H3/t12-,13+,14+/m0/s1. The highest BCUT2D eigenvalue weighted by Crippen LogP contribution is 2.21. The average molecular weight is 296 g/mol. The lowest BCUT2D eigenvalue weighted by Crippen LogP contribution is -2.44. The van der Waals surface area contributed by atoms with Gasteiger partial charge in [-0.1, -0.05) is 5.92 Å². The summed E-state index contributed by atoms with van der Waals surface area (Å²) in [4.78, 5) is 22.0. The van der Waals surface area contributed by atoms with E-state index in [4.69, 9.17) is 25.4 Å². The fourth-order valence-electron chi connectivity index (χ4n) is 1.65. The summed E-state index contributed by atoms with van der Waals surface area (Å²) in [5.41, 5.74) is -0.810. The second kappa shape index (κ2) is 7.25. The molecule has 0 aromatic heterocycles. The summed E-state index contributed by atoms with van der Waals surface area (Å²) in [6, 6.07) is 0. The maximum Gasteiger partial charge on any atom is 0.303 e. The van der Waals surface area contributed by atoms with Crippen molar-refractivity contribution in [2.75, 3.05) is 6.61 Å². The second-order valence-electron chi connectivity index (χ2n) is 5.08. The van der Waals surface area contributed by atoms with E-state index in [2.05, 4.69) is 5.92 Å². The summed E-state index contributed by atoms with van der Waals surface area (Å²) in [7, 11) is 0. The molecule has 0 fully saturated rings. The molecule has 1 rings (SSSR count). The fraction of sp³-hybridized carbons (Fsp3) is 0.600. The molecule has 0 amide bonds. The zero-order valence-electron chi connectivity index (χ0n) is 12.6. The minimum absolute atomic E-state index is 0.0477. The fourth-order valence-corrected chi connectivity index (χ4v) is 1.65. The maximum atomic E-state index is 11.1. The SMILES string of the molecule is C#CC(C)(C)O[C@@H]1C=C[C@H](OC(C)=O)[C@@H](COC(C)=O)O1. The van der Waals surface area contributed by atoms with Crippen molar-refractivity contribution in [2.45, 2.75) is 51.8 Å². The van der Waals surface area contributed by atoms with Crippen molar-refractivity contribution in [1.29, 1.82) is 0 Å². The third-order valence-corrected chi connectivity index (χ3v) is 2.64. The van der Waals surface area contributed by atoms with Gasteiger partial charge in [-0.15, -0.1) is 6.42 Å². The van der Waals surface area contributed by atoms with Crippen LogP contribution in [0.5, 0.6) is 0 Å². The van der Waals surface area contributed by atoms with Gasteiger partial charge in [0.15, 0.2) is 6.29 Å². The van der Waals surface area contributed by atoms with E-state index >= 15 is 0 Å². The van der Waals surface area contributed by atoms with Gasteiger partial charge in [-0.2, -0.15) is 0 Å². The van der Waals surface area contributed by atoms with E-state index in [0.29, 0.717) is 0 Å². The predicted octanol–water partition coefficient (Wildman–Crippen LogP) is 1.19. The molecular weight excluding hydrogens is 276 g/mol. The molecule has 0 unspecified atom stereocenters. The van der Waals surface area contributed by atoms with E-state index in [9.17, 15) is 9.59 Å². The molecule has 1 aliphatic rings. The van der Waals surface area contributed by atoms with Gasteiger partial charge in [0, 0.05) is 13.8 Å². The van der Waals surface area contributed by atoms with Gasteiger partial charge in [0.25, 0.3) is 0 Å². The number of esters is 2. The molecule has 0 bridgehead atoms. The van der Waals surface area contributed by atoms with Crippen LogP contribution in [-0.2, 0) is 28.5 Å². The van der Waals surface area contributed by atoms with Gasteiger partial charge in [0.2, 0.25) is 0 Å². The van der Waals surface area contributed by atoms with Gasteiger partial charge in [0.05, 0.1) is 0 Å². The third-order valence-electron chi connectivity index (χ3n) is 2.64. The number of rotatable bonds is 5. The van der Waals surface area contributed by atoms with Gasteiger partial charge in [0.1, 0.15) is 24.4 Å². The zero-order chi connectivity index (χ0) is 16.0. The Bertz CT molecular complexity index is 459. The number of ether oxygens (including phenoxy) is 4. The van der Waals surface area contributed by atoms with Crippen LogP contribution in [0, 0.1) is 12.3 Å². The Morgan fingerprint density at radius 1 is 1.29 bits per heavy atom. The summed E-state index contributed by atoms with van der Waals surface area (Å²) < 4.78 is 21.2. The van der Waals surface area contributed by atoms with Crippen LogP contribution >= 0.6 is 0 Å². The number of carbonyl (C=O) groups is 2. The molecule has 6 heteroatoms. The lowest BCUT2D eigenvalue weighted by atomic mass is 10.1. The van der Waals surface area contributed by atoms with Crippen LogP contribution in [0.1, 0.15) is 27.7 Å². The molecule has 0 spiro atoms. The Hall–Kier alpha value is -1.84. The topological polar surface area (TPSA) is 71.1 Å². The average Bonchev–Trinajstić information content (AvgIpc) is 2.38. The molecule has 1 heterocycles. The Labute approximate surface area is 124 Å². The largest absolute Gasteiger partial charge is 0.463 e. The molecule has 0 aromatic carbocycles. The minimum atomic E-state index is -0.810. The third kappa shape index (κ3) is 5.98. The van der Waals surface area contributed by atoms with Crippen molar-refractivity contribution < 1.29 is 28.5 Å². The van der Waals surface area contributed by atoms with E-state index in [1.54, 1.807) is 26.0 Å². The van der Waals surface area contributed by atoms with Gasteiger partial charge in [-0.3, -0.25) is 9.59 Å². The molecular formula is C15H20O6. The normalized spacial score (nSPS) is 25.0. The summed E-state index contributed by atoms with van der Waals surface area (Å²) in [5, 5.41) is 0. The van der Waals surface area contributed by atoms with Crippen LogP contribution < -0.4 is 0 Å². The first-order valence-electron chi connectivity index (χ1n) is 6.53. The monoisotopic (exact) mass is 296 g/mol. The minimum Gasteiger partial charge on any atom is -0.463 e. The van der Waals surface area contributed by atoms with E-state index in [-0.39, 0.29) is 6.61 Å². The molecule has 3 atom stereocenters. The molecule has 0 radical (unpaired) electrons. The first-order valence-corrected chi connectivity index (χ1v) is 6.53. The summed E-state index contributed by atoms with van der Waals surface area (Å²) >= 11 is 0. The lowest BCUT2D eigenvalue weighted by molar-refractivity contribution is -0.216. The van der Waals surface area contributed by atoms with Crippen LogP contribution in [0.4, 0.5) is 0 Å². The van der Waals surface area contributed by atoms with Crippen molar-refractivity contribution in [2.24, 2.45) is 0 Å². The summed E-state index contributed by atoms with van der Waals surface area (Å²) in [6.07, 6.45) is 6.60. The number of hydrogen-bond acceptors (Lipinski definition) is 6. The molecule has 0 aliphatic carbocycles. The number of carbonyl (C=O) groups excluding carboxylic acids is 2. The van der Waals surface area contributed by atoms with Crippen LogP contribution in [0.25, 0.3) is 0 Å². The van der Waals surface area contributed by atoms with Crippen LogP contribution in [-0.4, -0.2) is 42.6 Å². The van der Waals surface area contributed by atoms with Gasteiger partial charge >= 0.3 is 11.9 Å². The number of terminal acetylenes is 1. The van der Waals surface area contributed by atoms with Gasteiger partial charge in [-0.05, 0) is 26.0 Å². The highest BCUT2D eigenvalue weighted by Gasteiger charge is 2.33. The highest BCUT2D eigenvalue weighted by molar-refractivity contribution is 5.66. The molecule has 0 saturated carbocycles. The Kier molecular flexibility index (Phi) is 5.94. The molecule has 0 saturated heterocycles. The Morgan fingerprint density at radius 3 is 2.48 bits per heavy atom. The first kappa shape index (κ1) is 17.2. The van der Waals surface area contributed by atoms with Crippen molar-refractivity contribution in [3.05, 3.63) is 12.2 Å². The number of hydrogen-bond donors (Lipinski definition) is 0. The van der Waals surface area contributed by atoms with Gasteiger partial charge in [-0.25, -0.2) is 0 Å². The van der Waals surface area contributed by atoms with Crippen LogP contribution in [0.15, 0.2) is 12.2 Å². The smallest absolute Gasteiger partial charge is 0.303 e. The zero-order valence-corrected chi connectivity index (χ0v) is 12.6. The second-order valence-corrected chi connectivity index (χ2v) is 5.08. The first-order chi connectivity index (χ1) is 9.73. The molecule has 21 heavy (non-hydrogen) atoms. The molecule has 0 N–H and O–H groups in total. The van der Waals surface area contributed by atoms with E-state index in [1.165, 1.54) is 13.8 Å². The van der Waals surface area contributed by atoms with Crippen LogP contribution in [0.3, 0.4) is 0 Å². The van der Waals surface area contributed by atoms with E-state index in [0.717, 1.165) is 0 Å². The van der Waals surface area contributed by atoms with Crippen molar-refractivity contribution in [1.82, 2.24) is 0 Å². The molecule has 116 valence electrons. The maximum absolute atomic E-state index is 11.1. The summed E-state index contributed by atoms with van der Waals surface area (Å²) in [5.74, 6) is 1.59. The molecule has 6 nitrogen and oxygen atoms in total. The summed E-state index contributed by atoms with van der Waals surface area (Å²) in [6.45, 7) is 5.98. The van der Waals surface area contributed by atoms with Crippen LogP contribution in [0.2, 0.25) is 0 Å². The predicted molar refractivity (Wildman–Crippen MR) is 74.0 cm³/mol. The quantitative estimate of drug-likeness (QED) is 0.431. The molecule has 0 aromatic rings. The van der Waals surface area contributed by atoms with Crippen molar-refractivity contribution in [3.8, 4) is 12.3 Å². The Morgan fingerprint density at radius 2 is 1.95 bits per heavy atom. The van der Waals surface area contributed by atoms with Crippen molar-refractivity contribution >= 4 is 11.9 Å². The lowest BCUT2D eigenvalue weighted by Gasteiger charge is -2.33. The van der Waals surface area contributed by atoms with E-state index < -0.39 is 36.0 Å². The van der Waals surface area contributed by atoms with E-state index in [1.807, 2.05) is 0 Å². The highest BCUT2D eigenvalue weighted by atomic mass is 16.7. The Balaban J connectivity index is 2.75.